The van der Waals surface area contributed by atoms with Gasteiger partial charge in [-0.3, -0.25) is 4.79 Å². The monoisotopic (exact) mass is 340 g/mol. The fourth-order valence-electron chi connectivity index (χ4n) is 2.37. The van der Waals surface area contributed by atoms with Gasteiger partial charge in [-0.2, -0.15) is 5.10 Å². The molecule has 118 valence electrons. The summed E-state index contributed by atoms with van der Waals surface area (Å²) in [7, 11) is 1.56. The molecule has 0 spiro atoms. The van der Waals surface area contributed by atoms with E-state index >= 15 is 0 Å². The van der Waals surface area contributed by atoms with Crippen LogP contribution in [-0.2, 0) is 18.2 Å². The second-order valence-corrected chi connectivity index (χ2v) is 7.00. The summed E-state index contributed by atoms with van der Waals surface area (Å²) in [6, 6.07) is 3.15. The van der Waals surface area contributed by atoms with Gasteiger partial charge in [0.2, 0.25) is 11.7 Å². The highest BCUT2D eigenvalue weighted by molar-refractivity contribution is 7.91. The molecule has 1 N–H and O–H groups in total. The predicted molar refractivity (Wildman–Crippen MR) is 86.2 cm³/mol. The van der Waals surface area contributed by atoms with Crippen LogP contribution in [0.15, 0.2) is 17.0 Å². The topological polar surface area (TPSA) is 78.2 Å². The highest BCUT2D eigenvalue weighted by Crippen LogP contribution is 2.31. The van der Waals surface area contributed by atoms with Gasteiger partial charge in [0.25, 0.3) is 0 Å². The van der Waals surface area contributed by atoms with E-state index in [-0.39, 0.29) is 17.2 Å². The van der Waals surface area contributed by atoms with E-state index in [0.717, 1.165) is 0 Å². The molecule has 0 saturated carbocycles. The van der Waals surface area contributed by atoms with Crippen LogP contribution in [0.25, 0.3) is 0 Å². The summed E-state index contributed by atoms with van der Waals surface area (Å²) in [6.45, 7) is 5.16. The average Bonchev–Trinajstić information content (AvgIpc) is 2.71. The molecule has 0 amide bonds. The van der Waals surface area contributed by atoms with Crippen molar-refractivity contribution in [3.63, 3.8) is 0 Å². The molecule has 0 aliphatic heterocycles. The molecular formula is C15H17ClN2O3S. The highest BCUT2D eigenvalue weighted by Gasteiger charge is 2.27. The van der Waals surface area contributed by atoms with Crippen molar-refractivity contribution in [3.05, 3.63) is 39.5 Å². The van der Waals surface area contributed by atoms with Gasteiger partial charge in [0, 0.05) is 18.2 Å². The molecule has 2 aromatic rings. The Labute approximate surface area is 137 Å². The Morgan fingerprint density at radius 2 is 2.09 bits per heavy atom. The first-order valence-corrected chi connectivity index (χ1v) is 8.44. The summed E-state index contributed by atoms with van der Waals surface area (Å²) in [6.07, 6.45) is 0. The summed E-state index contributed by atoms with van der Waals surface area (Å²) < 4.78 is 13.4. The Hall–Kier alpha value is -1.50. The second kappa shape index (κ2) is 6.32. The van der Waals surface area contributed by atoms with Gasteiger partial charge in [0.15, 0.2) is 4.90 Å². The summed E-state index contributed by atoms with van der Waals surface area (Å²) in [5.41, 5.74) is 1.53. The maximum Gasteiger partial charge on any atom is 0.220 e. The normalized spacial score (nSPS) is 12.5. The maximum atomic E-state index is 12.7. The van der Waals surface area contributed by atoms with E-state index in [2.05, 4.69) is 5.10 Å². The predicted octanol–water partition coefficient (Wildman–Crippen LogP) is 2.75. The Bertz CT molecular complexity index is 743. The van der Waals surface area contributed by atoms with Gasteiger partial charge < -0.3 is 9.66 Å². The van der Waals surface area contributed by atoms with Crippen LogP contribution in [0.1, 0.15) is 34.1 Å². The number of aromatic nitrogens is 2. The third kappa shape index (κ3) is 2.74. The number of ketones is 1. The van der Waals surface area contributed by atoms with E-state index < -0.39 is 11.2 Å². The van der Waals surface area contributed by atoms with Crippen LogP contribution in [0.3, 0.4) is 0 Å². The molecule has 1 atom stereocenters. The van der Waals surface area contributed by atoms with E-state index in [9.17, 15) is 14.5 Å². The zero-order valence-corrected chi connectivity index (χ0v) is 14.4. The van der Waals surface area contributed by atoms with Crippen molar-refractivity contribution in [2.75, 3.05) is 5.75 Å². The SMILES string of the molecule is CC[S+]([O-])c1c(Cl)ccc(C(=O)c2c(C)nn(C)c2O)c1C. The molecule has 0 saturated heterocycles. The van der Waals surface area contributed by atoms with Crippen LogP contribution < -0.4 is 0 Å². The van der Waals surface area contributed by atoms with E-state index in [4.69, 9.17) is 11.6 Å². The minimum atomic E-state index is -1.27. The third-order valence-electron chi connectivity index (χ3n) is 3.51. The lowest BCUT2D eigenvalue weighted by Crippen LogP contribution is -2.12. The Balaban J connectivity index is 2.60. The highest BCUT2D eigenvalue weighted by atomic mass is 35.5. The number of carbonyl (C=O) groups is 1. The lowest BCUT2D eigenvalue weighted by Gasteiger charge is -2.14. The van der Waals surface area contributed by atoms with Crippen molar-refractivity contribution in [3.8, 4) is 5.88 Å². The Morgan fingerprint density at radius 1 is 1.45 bits per heavy atom. The van der Waals surface area contributed by atoms with Gasteiger partial charge in [-0.1, -0.05) is 11.6 Å². The molecule has 5 nitrogen and oxygen atoms in total. The minimum Gasteiger partial charge on any atom is -0.611 e. The van der Waals surface area contributed by atoms with Crippen LogP contribution in [0.2, 0.25) is 5.02 Å². The molecule has 7 heteroatoms. The molecule has 2 rings (SSSR count). The molecule has 1 aromatic carbocycles. The number of hydrogen-bond donors (Lipinski definition) is 1. The van der Waals surface area contributed by atoms with Gasteiger partial charge in [-0.05, 0) is 44.1 Å². The summed E-state index contributed by atoms with van der Waals surface area (Å²) >= 11 is 4.85. The molecule has 0 bridgehead atoms. The smallest absolute Gasteiger partial charge is 0.220 e. The van der Waals surface area contributed by atoms with E-state index in [1.54, 1.807) is 40.0 Å². The van der Waals surface area contributed by atoms with Crippen LogP contribution in [0.4, 0.5) is 0 Å². The molecular weight excluding hydrogens is 324 g/mol. The second-order valence-electron chi connectivity index (χ2n) is 4.92. The quantitative estimate of drug-likeness (QED) is 0.685. The molecule has 0 radical (unpaired) electrons. The largest absolute Gasteiger partial charge is 0.611 e. The van der Waals surface area contributed by atoms with Crippen LogP contribution in [0.5, 0.6) is 5.88 Å². The number of hydrogen-bond acceptors (Lipinski definition) is 4. The third-order valence-corrected chi connectivity index (χ3v) is 5.44. The zero-order valence-electron chi connectivity index (χ0n) is 12.8. The Kier molecular flexibility index (Phi) is 4.84. The number of aromatic hydroxyl groups is 1. The molecule has 1 unspecified atom stereocenters. The fourth-order valence-corrected chi connectivity index (χ4v) is 3.86. The summed E-state index contributed by atoms with van der Waals surface area (Å²) in [5, 5.41) is 14.4. The lowest BCUT2D eigenvalue weighted by atomic mass is 9.99. The van der Waals surface area contributed by atoms with Crippen molar-refractivity contribution in [2.24, 2.45) is 7.05 Å². The van der Waals surface area contributed by atoms with Crippen molar-refractivity contribution in [1.29, 1.82) is 0 Å². The number of halogens is 1. The van der Waals surface area contributed by atoms with Gasteiger partial charge in [-0.15, -0.1) is 0 Å². The van der Waals surface area contributed by atoms with Crippen LogP contribution >= 0.6 is 11.6 Å². The van der Waals surface area contributed by atoms with Crippen LogP contribution in [-0.4, -0.2) is 31.0 Å². The zero-order chi connectivity index (χ0) is 16.6. The number of rotatable bonds is 4. The van der Waals surface area contributed by atoms with Gasteiger partial charge in [0.1, 0.15) is 11.3 Å². The first-order chi connectivity index (χ1) is 10.3. The standard InChI is InChI=1S/C15H17ClN2O3S/c1-5-22(21)14-8(2)10(6-7-11(14)16)13(19)12-9(3)17-18(4)15(12)20/h6-7,20H,5H2,1-4H3. The van der Waals surface area contributed by atoms with E-state index in [1.165, 1.54) is 4.68 Å². The molecule has 1 aromatic heterocycles. The average molecular weight is 341 g/mol. The van der Waals surface area contributed by atoms with E-state index in [1.807, 2.05) is 0 Å². The fraction of sp³-hybridized carbons (Fsp3) is 0.333. The Morgan fingerprint density at radius 3 is 2.59 bits per heavy atom. The van der Waals surface area contributed by atoms with Crippen molar-refractivity contribution in [1.82, 2.24) is 9.78 Å². The van der Waals surface area contributed by atoms with Gasteiger partial charge in [0.05, 0.1) is 10.7 Å². The first kappa shape index (κ1) is 16.9. The molecule has 0 aliphatic carbocycles. The van der Waals surface area contributed by atoms with Crippen molar-refractivity contribution in [2.45, 2.75) is 25.7 Å². The molecule has 0 fully saturated rings. The van der Waals surface area contributed by atoms with Crippen LogP contribution in [0, 0.1) is 13.8 Å². The molecule has 0 aliphatic rings. The summed E-state index contributed by atoms with van der Waals surface area (Å²) in [5.74, 6) is -0.128. The van der Waals surface area contributed by atoms with Gasteiger partial charge >= 0.3 is 0 Å². The van der Waals surface area contributed by atoms with Crippen molar-refractivity contribution < 1.29 is 14.5 Å². The number of benzene rings is 1. The number of carbonyl (C=O) groups excluding carboxylic acids is 1. The summed E-state index contributed by atoms with van der Waals surface area (Å²) in [4.78, 5) is 13.2. The molecule has 22 heavy (non-hydrogen) atoms. The lowest BCUT2D eigenvalue weighted by molar-refractivity contribution is 0.103. The number of nitrogens with zero attached hydrogens (tertiary/aromatic N) is 2. The van der Waals surface area contributed by atoms with Crippen molar-refractivity contribution >= 4 is 28.6 Å². The minimum absolute atomic E-state index is 0.154. The van der Waals surface area contributed by atoms with Gasteiger partial charge in [-0.25, -0.2) is 4.68 Å². The van der Waals surface area contributed by atoms with E-state index in [0.29, 0.717) is 32.5 Å². The first-order valence-electron chi connectivity index (χ1n) is 6.74. The number of aryl methyl sites for hydroxylation is 2. The molecule has 1 heterocycles. The maximum absolute atomic E-state index is 12.7.